The standard InChI is InChI=1S/C22H35N3O3S/c1-17-13-18(2)16-24(15-17)10-6-9-23-22(26)20-8-7-19(3)21(14-20)25-11-4-5-12-29(25,27)28/h7-8,14,17-18H,4-6,9-13,15-16H2,1-3H3,(H,23,26)/t17-,18-/m0/s1. The van der Waals surface area contributed by atoms with E-state index in [2.05, 4.69) is 24.1 Å². The molecule has 0 aromatic heterocycles. The predicted octanol–water partition coefficient (Wildman–Crippen LogP) is 3.02. The van der Waals surface area contributed by atoms with Crippen molar-refractivity contribution in [2.24, 2.45) is 11.8 Å². The van der Waals surface area contributed by atoms with Crippen LogP contribution in [0.5, 0.6) is 0 Å². The molecule has 2 aliphatic rings. The van der Waals surface area contributed by atoms with Crippen molar-refractivity contribution in [2.75, 3.05) is 42.8 Å². The summed E-state index contributed by atoms with van der Waals surface area (Å²) in [6.45, 7) is 10.9. The number of benzene rings is 1. The number of rotatable bonds is 6. The van der Waals surface area contributed by atoms with Crippen LogP contribution in [0.2, 0.25) is 0 Å². The van der Waals surface area contributed by atoms with Gasteiger partial charge in [0.2, 0.25) is 10.0 Å². The number of carbonyl (C=O) groups excluding carboxylic acids is 1. The van der Waals surface area contributed by atoms with Crippen LogP contribution in [0.1, 0.15) is 55.5 Å². The van der Waals surface area contributed by atoms with Crippen LogP contribution in [0.15, 0.2) is 18.2 Å². The molecular weight excluding hydrogens is 386 g/mol. The Balaban J connectivity index is 1.56. The fourth-order valence-corrected chi connectivity index (χ4v) is 6.35. The van der Waals surface area contributed by atoms with Gasteiger partial charge in [0.1, 0.15) is 0 Å². The first-order valence-electron chi connectivity index (χ1n) is 10.9. The first-order valence-corrected chi connectivity index (χ1v) is 12.5. The van der Waals surface area contributed by atoms with Crippen LogP contribution in [-0.4, -0.2) is 57.7 Å². The Morgan fingerprint density at radius 3 is 2.59 bits per heavy atom. The maximum absolute atomic E-state index is 12.6. The maximum Gasteiger partial charge on any atom is 0.251 e. The number of piperidine rings is 1. The Hall–Kier alpha value is -1.60. The molecule has 0 unspecified atom stereocenters. The zero-order chi connectivity index (χ0) is 21.0. The Labute approximate surface area is 175 Å². The van der Waals surface area contributed by atoms with Crippen LogP contribution in [0.4, 0.5) is 5.69 Å². The van der Waals surface area contributed by atoms with Gasteiger partial charge >= 0.3 is 0 Å². The van der Waals surface area contributed by atoms with Crippen molar-refractivity contribution in [3.05, 3.63) is 29.3 Å². The molecule has 2 fully saturated rings. The van der Waals surface area contributed by atoms with Crippen molar-refractivity contribution in [2.45, 2.75) is 46.5 Å². The minimum Gasteiger partial charge on any atom is -0.352 e. The van der Waals surface area contributed by atoms with Gasteiger partial charge in [-0.3, -0.25) is 9.10 Å². The molecule has 1 amide bonds. The fraction of sp³-hybridized carbons (Fsp3) is 0.682. The molecule has 0 saturated carbocycles. The highest BCUT2D eigenvalue weighted by molar-refractivity contribution is 7.92. The van der Waals surface area contributed by atoms with Gasteiger partial charge in [-0.2, -0.15) is 0 Å². The van der Waals surface area contributed by atoms with Gasteiger partial charge in [0, 0.05) is 31.7 Å². The smallest absolute Gasteiger partial charge is 0.251 e. The largest absolute Gasteiger partial charge is 0.352 e. The Kier molecular flexibility index (Phi) is 7.22. The Morgan fingerprint density at radius 2 is 1.90 bits per heavy atom. The number of amides is 1. The number of likely N-dealkylation sites (tertiary alicyclic amines) is 1. The average Bonchev–Trinajstić information content (AvgIpc) is 2.65. The van der Waals surface area contributed by atoms with Gasteiger partial charge in [0.25, 0.3) is 5.91 Å². The van der Waals surface area contributed by atoms with E-state index in [0.29, 0.717) is 30.8 Å². The molecule has 7 heteroatoms. The van der Waals surface area contributed by atoms with Gasteiger partial charge in [-0.15, -0.1) is 0 Å². The molecule has 2 aliphatic heterocycles. The summed E-state index contributed by atoms with van der Waals surface area (Å²) in [7, 11) is -3.29. The van der Waals surface area contributed by atoms with Crippen molar-refractivity contribution < 1.29 is 13.2 Å². The van der Waals surface area contributed by atoms with E-state index in [1.807, 2.05) is 13.0 Å². The fourth-order valence-electron chi connectivity index (χ4n) is 4.66. The van der Waals surface area contributed by atoms with Crippen LogP contribution < -0.4 is 9.62 Å². The van der Waals surface area contributed by atoms with E-state index in [4.69, 9.17) is 0 Å². The number of sulfonamides is 1. The number of anilines is 1. The minimum atomic E-state index is -3.29. The van der Waals surface area contributed by atoms with Crippen molar-refractivity contribution in [1.82, 2.24) is 10.2 Å². The van der Waals surface area contributed by atoms with E-state index in [1.54, 1.807) is 12.1 Å². The van der Waals surface area contributed by atoms with Gasteiger partial charge < -0.3 is 10.2 Å². The third-order valence-electron chi connectivity index (χ3n) is 5.97. The van der Waals surface area contributed by atoms with E-state index < -0.39 is 10.0 Å². The highest BCUT2D eigenvalue weighted by atomic mass is 32.2. The molecule has 1 N–H and O–H groups in total. The van der Waals surface area contributed by atoms with Gasteiger partial charge in [-0.25, -0.2) is 8.42 Å². The normalized spacial score (nSPS) is 25.0. The topological polar surface area (TPSA) is 69.7 Å². The molecule has 0 radical (unpaired) electrons. The number of nitrogens with zero attached hydrogens (tertiary/aromatic N) is 2. The first kappa shape index (κ1) is 22.1. The molecule has 1 aromatic rings. The molecule has 0 spiro atoms. The van der Waals surface area contributed by atoms with E-state index >= 15 is 0 Å². The summed E-state index contributed by atoms with van der Waals surface area (Å²) in [5.41, 5.74) is 2.03. The summed E-state index contributed by atoms with van der Waals surface area (Å²) in [6.07, 6.45) is 3.77. The number of carbonyl (C=O) groups is 1. The van der Waals surface area contributed by atoms with E-state index in [-0.39, 0.29) is 11.7 Å². The number of hydrogen-bond acceptors (Lipinski definition) is 4. The quantitative estimate of drug-likeness (QED) is 0.717. The van der Waals surface area contributed by atoms with E-state index in [9.17, 15) is 13.2 Å². The minimum absolute atomic E-state index is 0.138. The van der Waals surface area contributed by atoms with Gasteiger partial charge in [0.15, 0.2) is 0 Å². The van der Waals surface area contributed by atoms with E-state index in [0.717, 1.165) is 49.9 Å². The van der Waals surface area contributed by atoms with Gasteiger partial charge in [-0.1, -0.05) is 19.9 Å². The molecule has 2 heterocycles. The summed E-state index contributed by atoms with van der Waals surface area (Å²) >= 11 is 0. The molecule has 3 rings (SSSR count). The number of hydrogen-bond donors (Lipinski definition) is 1. The van der Waals surface area contributed by atoms with Crippen molar-refractivity contribution in [3.8, 4) is 0 Å². The lowest BCUT2D eigenvalue weighted by molar-refractivity contribution is 0.0947. The van der Waals surface area contributed by atoms with Crippen LogP contribution in [0, 0.1) is 18.8 Å². The van der Waals surface area contributed by atoms with Crippen LogP contribution in [0.3, 0.4) is 0 Å². The van der Waals surface area contributed by atoms with Gasteiger partial charge in [-0.05, 0) is 68.7 Å². The summed E-state index contributed by atoms with van der Waals surface area (Å²) in [5, 5.41) is 3.00. The van der Waals surface area contributed by atoms with Crippen LogP contribution >= 0.6 is 0 Å². The predicted molar refractivity (Wildman–Crippen MR) is 118 cm³/mol. The lowest BCUT2D eigenvalue weighted by atomic mass is 9.92. The molecule has 162 valence electrons. The second-order valence-electron chi connectivity index (χ2n) is 8.91. The molecule has 1 aromatic carbocycles. The summed E-state index contributed by atoms with van der Waals surface area (Å²) in [4.78, 5) is 15.1. The molecule has 6 nitrogen and oxygen atoms in total. The Bertz CT molecular complexity index is 815. The summed E-state index contributed by atoms with van der Waals surface area (Å²) in [5.74, 6) is 1.52. The van der Waals surface area contributed by atoms with E-state index in [1.165, 1.54) is 10.7 Å². The van der Waals surface area contributed by atoms with Gasteiger partial charge in [0.05, 0.1) is 11.4 Å². The lowest BCUT2D eigenvalue weighted by Crippen LogP contribution is -2.40. The SMILES string of the molecule is Cc1ccc(C(=O)NCCCN2C[C@@H](C)C[C@H](C)C2)cc1N1CCCCS1(=O)=O. The third kappa shape index (κ3) is 5.72. The zero-order valence-electron chi connectivity index (χ0n) is 18.0. The number of aryl methyl sites for hydroxylation is 1. The third-order valence-corrected chi connectivity index (χ3v) is 7.83. The van der Waals surface area contributed by atoms with Crippen LogP contribution in [-0.2, 0) is 10.0 Å². The maximum atomic E-state index is 12.6. The second kappa shape index (κ2) is 9.47. The highest BCUT2D eigenvalue weighted by Crippen LogP contribution is 2.28. The zero-order valence-corrected chi connectivity index (χ0v) is 18.8. The number of nitrogens with one attached hydrogen (secondary N) is 1. The first-order chi connectivity index (χ1) is 13.8. The van der Waals surface area contributed by atoms with Crippen molar-refractivity contribution in [3.63, 3.8) is 0 Å². The summed E-state index contributed by atoms with van der Waals surface area (Å²) < 4.78 is 26.4. The molecule has 2 saturated heterocycles. The van der Waals surface area contributed by atoms with Crippen molar-refractivity contribution >= 4 is 21.6 Å². The molecular formula is C22H35N3O3S. The second-order valence-corrected chi connectivity index (χ2v) is 10.9. The van der Waals surface area contributed by atoms with Crippen molar-refractivity contribution in [1.29, 1.82) is 0 Å². The average molecular weight is 422 g/mol. The highest BCUT2D eigenvalue weighted by Gasteiger charge is 2.27. The monoisotopic (exact) mass is 421 g/mol. The molecule has 0 aliphatic carbocycles. The molecule has 29 heavy (non-hydrogen) atoms. The summed E-state index contributed by atoms with van der Waals surface area (Å²) in [6, 6.07) is 5.34. The van der Waals surface area contributed by atoms with Crippen LogP contribution in [0.25, 0.3) is 0 Å². The lowest BCUT2D eigenvalue weighted by Gasteiger charge is -2.34. The Morgan fingerprint density at radius 1 is 1.17 bits per heavy atom. The molecule has 0 bridgehead atoms. The molecule has 2 atom stereocenters.